The number of hydrogen-bond donors (Lipinski definition) is 0. The Labute approximate surface area is 88.1 Å². The molecule has 0 radical (unpaired) electrons. The molecule has 0 N–H and O–H groups in total. The second-order valence-electron chi connectivity index (χ2n) is 3.96. The Morgan fingerprint density at radius 1 is 1.33 bits per heavy atom. The summed E-state index contributed by atoms with van der Waals surface area (Å²) in [5.41, 5.74) is -0.357. The van der Waals surface area contributed by atoms with Crippen LogP contribution in [0.25, 0.3) is 0 Å². The first-order valence-electron chi connectivity index (χ1n) is 4.62. The van der Waals surface area contributed by atoms with Crippen molar-refractivity contribution in [1.29, 1.82) is 0 Å². The molecular formula is C11H13NO3. The van der Waals surface area contributed by atoms with Crippen molar-refractivity contribution < 1.29 is 9.72 Å². The summed E-state index contributed by atoms with van der Waals surface area (Å²) < 4.78 is 0. The van der Waals surface area contributed by atoms with Gasteiger partial charge in [-0.3, -0.25) is 14.9 Å². The van der Waals surface area contributed by atoms with Crippen molar-refractivity contribution in [2.75, 3.05) is 0 Å². The van der Waals surface area contributed by atoms with E-state index in [1.165, 1.54) is 13.0 Å². The van der Waals surface area contributed by atoms with Crippen LogP contribution in [0.3, 0.4) is 0 Å². The summed E-state index contributed by atoms with van der Waals surface area (Å²) in [4.78, 5) is 21.7. The fraction of sp³-hybridized carbons (Fsp3) is 0.364. The maximum atomic E-state index is 11.4. The number of benzene rings is 1. The van der Waals surface area contributed by atoms with E-state index in [1.807, 2.05) is 0 Å². The maximum Gasteiger partial charge on any atom is 0.273 e. The molecule has 0 aliphatic carbocycles. The summed E-state index contributed by atoms with van der Waals surface area (Å²) in [6, 6.07) is 6.34. The molecule has 0 aliphatic rings. The van der Waals surface area contributed by atoms with Gasteiger partial charge in [0.1, 0.15) is 5.78 Å². The maximum absolute atomic E-state index is 11.4. The molecule has 15 heavy (non-hydrogen) atoms. The monoisotopic (exact) mass is 207 g/mol. The van der Waals surface area contributed by atoms with Crippen LogP contribution in [0.4, 0.5) is 5.69 Å². The van der Waals surface area contributed by atoms with E-state index in [0.29, 0.717) is 5.56 Å². The Balaban J connectivity index is 3.37. The Morgan fingerprint density at radius 3 is 2.33 bits per heavy atom. The third kappa shape index (κ3) is 2.03. The van der Waals surface area contributed by atoms with Crippen LogP contribution >= 0.6 is 0 Å². The Bertz CT molecular complexity index is 410. The Hall–Kier alpha value is -1.71. The zero-order chi connectivity index (χ0) is 11.6. The smallest absolute Gasteiger partial charge is 0.273 e. The van der Waals surface area contributed by atoms with Gasteiger partial charge < -0.3 is 0 Å². The minimum atomic E-state index is -0.816. The highest BCUT2D eigenvalue weighted by Gasteiger charge is 2.32. The van der Waals surface area contributed by atoms with Crippen molar-refractivity contribution in [3.05, 3.63) is 39.9 Å². The predicted octanol–water partition coefficient (Wildman–Crippen LogP) is 2.46. The van der Waals surface area contributed by atoms with E-state index in [9.17, 15) is 14.9 Å². The number of nitrogens with zero attached hydrogens (tertiary/aromatic N) is 1. The number of carbonyl (C=O) groups excluding carboxylic acids is 1. The van der Waals surface area contributed by atoms with Crippen LogP contribution < -0.4 is 0 Å². The minimum Gasteiger partial charge on any atom is -0.299 e. The molecule has 0 amide bonds. The van der Waals surface area contributed by atoms with Crippen LogP contribution in [0.5, 0.6) is 0 Å². The molecule has 0 aliphatic heterocycles. The van der Waals surface area contributed by atoms with E-state index in [2.05, 4.69) is 0 Å². The molecule has 1 aromatic rings. The summed E-state index contributed by atoms with van der Waals surface area (Å²) >= 11 is 0. The van der Waals surface area contributed by atoms with Crippen molar-refractivity contribution in [2.24, 2.45) is 0 Å². The lowest BCUT2D eigenvalue weighted by atomic mass is 9.80. The summed E-state index contributed by atoms with van der Waals surface area (Å²) in [5, 5.41) is 10.8. The highest BCUT2D eigenvalue weighted by Crippen LogP contribution is 2.31. The first-order chi connectivity index (χ1) is 6.87. The average molecular weight is 207 g/mol. The fourth-order valence-electron chi connectivity index (χ4n) is 1.35. The lowest BCUT2D eigenvalue weighted by molar-refractivity contribution is -0.385. The van der Waals surface area contributed by atoms with E-state index in [0.717, 1.165) is 0 Å². The zero-order valence-corrected chi connectivity index (χ0v) is 8.98. The van der Waals surface area contributed by atoms with Gasteiger partial charge in [0.25, 0.3) is 5.69 Å². The molecule has 80 valence electrons. The molecule has 0 bridgehead atoms. The molecule has 4 heteroatoms. The molecule has 1 rings (SSSR count). The quantitative estimate of drug-likeness (QED) is 0.565. The van der Waals surface area contributed by atoms with Gasteiger partial charge in [0.15, 0.2) is 0 Å². The third-order valence-electron chi connectivity index (χ3n) is 2.65. The number of rotatable bonds is 3. The summed E-state index contributed by atoms with van der Waals surface area (Å²) in [6.07, 6.45) is 0. The lowest BCUT2D eigenvalue weighted by Crippen LogP contribution is -2.27. The van der Waals surface area contributed by atoms with Crippen LogP contribution in [0, 0.1) is 10.1 Å². The van der Waals surface area contributed by atoms with Gasteiger partial charge >= 0.3 is 0 Å². The molecule has 0 fully saturated rings. The summed E-state index contributed by atoms with van der Waals surface area (Å²) in [5.74, 6) is -0.0863. The van der Waals surface area contributed by atoms with E-state index in [1.54, 1.807) is 32.0 Å². The van der Waals surface area contributed by atoms with E-state index >= 15 is 0 Å². The third-order valence-corrected chi connectivity index (χ3v) is 2.65. The van der Waals surface area contributed by atoms with Crippen molar-refractivity contribution in [3.8, 4) is 0 Å². The zero-order valence-electron chi connectivity index (χ0n) is 8.98. The van der Waals surface area contributed by atoms with Gasteiger partial charge in [-0.2, -0.15) is 0 Å². The molecule has 0 saturated heterocycles. The van der Waals surface area contributed by atoms with E-state index in [4.69, 9.17) is 0 Å². The van der Waals surface area contributed by atoms with Gasteiger partial charge in [0.05, 0.1) is 10.3 Å². The normalized spacial score (nSPS) is 11.1. The largest absolute Gasteiger partial charge is 0.299 e. The molecular weight excluding hydrogens is 194 g/mol. The Morgan fingerprint density at radius 2 is 1.87 bits per heavy atom. The van der Waals surface area contributed by atoms with E-state index < -0.39 is 10.3 Å². The number of nitro groups is 1. The molecule has 0 spiro atoms. The van der Waals surface area contributed by atoms with Gasteiger partial charge in [0.2, 0.25) is 0 Å². The van der Waals surface area contributed by atoms with Crippen molar-refractivity contribution in [3.63, 3.8) is 0 Å². The number of Topliss-reactive ketones (excluding diaryl/α,β-unsaturated/α-hetero) is 1. The van der Waals surface area contributed by atoms with Crippen LogP contribution in [0.15, 0.2) is 24.3 Å². The molecule has 0 saturated carbocycles. The number of para-hydroxylation sites is 1. The second kappa shape index (κ2) is 3.81. The fourth-order valence-corrected chi connectivity index (χ4v) is 1.35. The van der Waals surface area contributed by atoms with Crippen molar-refractivity contribution in [1.82, 2.24) is 0 Å². The van der Waals surface area contributed by atoms with Crippen LogP contribution in [-0.4, -0.2) is 10.7 Å². The molecule has 0 unspecified atom stereocenters. The molecule has 1 aromatic carbocycles. The van der Waals surface area contributed by atoms with Crippen LogP contribution in [0.2, 0.25) is 0 Å². The topological polar surface area (TPSA) is 60.2 Å². The highest BCUT2D eigenvalue weighted by atomic mass is 16.6. The van der Waals surface area contributed by atoms with Gasteiger partial charge in [-0.05, 0) is 20.8 Å². The number of hydrogen-bond acceptors (Lipinski definition) is 3. The van der Waals surface area contributed by atoms with Crippen LogP contribution in [0.1, 0.15) is 26.3 Å². The molecule has 4 nitrogen and oxygen atoms in total. The average Bonchev–Trinajstić information content (AvgIpc) is 2.17. The standard InChI is InChI=1S/C11H13NO3/c1-8(13)11(2,3)9-6-4-5-7-10(9)12(14)15/h4-7H,1-3H3. The Kier molecular flexibility index (Phi) is 2.88. The van der Waals surface area contributed by atoms with Crippen molar-refractivity contribution >= 4 is 11.5 Å². The van der Waals surface area contributed by atoms with Gasteiger partial charge in [-0.1, -0.05) is 18.2 Å². The molecule has 0 aromatic heterocycles. The van der Waals surface area contributed by atoms with E-state index in [-0.39, 0.29) is 11.5 Å². The van der Waals surface area contributed by atoms with Gasteiger partial charge in [-0.25, -0.2) is 0 Å². The van der Waals surface area contributed by atoms with Gasteiger partial charge in [-0.15, -0.1) is 0 Å². The molecule has 0 atom stereocenters. The highest BCUT2D eigenvalue weighted by molar-refractivity contribution is 5.88. The predicted molar refractivity (Wildman–Crippen MR) is 56.8 cm³/mol. The number of ketones is 1. The number of carbonyl (C=O) groups is 1. The summed E-state index contributed by atoms with van der Waals surface area (Å²) in [7, 11) is 0. The number of nitro benzene ring substituents is 1. The van der Waals surface area contributed by atoms with Crippen molar-refractivity contribution in [2.45, 2.75) is 26.2 Å². The second-order valence-corrected chi connectivity index (χ2v) is 3.96. The van der Waals surface area contributed by atoms with Gasteiger partial charge in [0, 0.05) is 11.6 Å². The minimum absolute atomic E-state index is 0.00213. The first-order valence-corrected chi connectivity index (χ1v) is 4.62. The van der Waals surface area contributed by atoms with Crippen LogP contribution in [-0.2, 0) is 10.2 Å². The summed E-state index contributed by atoms with van der Waals surface area (Å²) in [6.45, 7) is 4.83. The first kappa shape index (κ1) is 11.4. The lowest BCUT2D eigenvalue weighted by Gasteiger charge is -2.21. The molecule has 0 heterocycles. The SMILES string of the molecule is CC(=O)C(C)(C)c1ccccc1[N+](=O)[O-].